The lowest BCUT2D eigenvalue weighted by molar-refractivity contribution is -0.384. The first-order chi connectivity index (χ1) is 16.8. The highest BCUT2D eigenvalue weighted by molar-refractivity contribution is 5.91. The van der Waals surface area contributed by atoms with Crippen molar-refractivity contribution in [2.45, 2.75) is 19.4 Å². The number of benzene rings is 3. The number of carbonyl (C=O) groups is 1. The van der Waals surface area contributed by atoms with Crippen LogP contribution in [-0.4, -0.2) is 26.7 Å². The first-order valence-corrected chi connectivity index (χ1v) is 10.9. The quantitative estimate of drug-likeness (QED) is 0.238. The van der Waals surface area contributed by atoms with Crippen molar-refractivity contribution in [2.75, 3.05) is 0 Å². The van der Waals surface area contributed by atoms with Gasteiger partial charge in [-0.15, -0.1) is 0 Å². The number of aliphatic hydroxyl groups is 1. The van der Waals surface area contributed by atoms with Gasteiger partial charge < -0.3 is 9.67 Å². The number of rotatable bonds is 7. The number of aromatic nitrogens is 1. The summed E-state index contributed by atoms with van der Waals surface area (Å²) in [5.74, 6) is -0.685. The lowest BCUT2D eigenvalue weighted by atomic mass is 9.85. The molecule has 1 amide bonds. The highest BCUT2D eigenvalue weighted by Gasteiger charge is 2.39. The predicted octanol–water partition coefficient (Wildman–Crippen LogP) is 4.39. The Balaban J connectivity index is 1.59. The van der Waals surface area contributed by atoms with E-state index in [4.69, 9.17) is 0 Å². The maximum atomic E-state index is 13.2. The molecule has 0 saturated heterocycles. The first kappa shape index (κ1) is 23.6. The molecule has 2 N–H and O–H groups in total. The van der Waals surface area contributed by atoms with E-state index < -0.39 is 16.4 Å². The molecule has 0 aliphatic rings. The monoisotopic (exact) mass is 468 g/mol. The Morgan fingerprint density at radius 2 is 1.51 bits per heavy atom. The number of hydrogen-bond acceptors (Lipinski definition) is 5. The number of amides is 1. The molecule has 0 fully saturated rings. The van der Waals surface area contributed by atoms with Crippen LogP contribution in [0.25, 0.3) is 5.69 Å². The second kappa shape index (κ2) is 9.74. The van der Waals surface area contributed by atoms with Crippen molar-refractivity contribution >= 4 is 17.8 Å². The third-order valence-corrected chi connectivity index (χ3v) is 5.87. The van der Waals surface area contributed by atoms with E-state index in [1.165, 1.54) is 18.3 Å². The molecule has 176 valence electrons. The van der Waals surface area contributed by atoms with E-state index in [0.29, 0.717) is 11.1 Å². The first-order valence-electron chi connectivity index (χ1n) is 10.9. The van der Waals surface area contributed by atoms with Crippen molar-refractivity contribution in [2.24, 2.45) is 5.10 Å². The van der Waals surface area contributed by atoms with Crippen molar-refractivity contribution in [3.8, 4) is 5.69 Å². The van der Waals surface area contributed by atoms with Crippen molar-refractivity contribution in [3.63, 3.8) is 0 Å². The Labute approximate surface area is 202 Å². The normalized spacial score (nSPS) is 11.5. The van der Waals surface area contributed by atoms with Crippen molar-refractivity contribution in [3.05, 3.63) is 129 Å². The van der Waals surface area contributed by atoms with Gasteiger partial charge in [-0.3, -0.25) is 14.9 Å². The highest BCUT2D eigenvalue weighted by Crippen LogP contribution is 2.30. The molecule has 4 rings (SSSR count). The van der Waals surface area contributed by atoms with Crippen molar-refractivity contribution in [1.29, 1.82) is 0 Å². The standard InChI is InChI=1S/C27H24N4O4/c1-19-17-21(20(2)30(19)24-13-15-25(16-14-24)31(34)35)18-28-29-26(32)27(33,22-9-5-3-6-10-22)23-11-7-4-8-12-23/h3-18,33H,1-2H3,(H,29,32)/b28-18-. The summed E-state index contributed by atoms with van der Waals surface area (Å²) in [6.45, 7) is 3.80. The van der Waals surface area contributed by atoms with Gasteiger partial charge in [0.15, 0.2) is 5.60 Å². The largest absolute Gasteiger partial charge is 0.372 e. The molecule has 0 atom stereocenters. The van der Waals surface area contributed by atoms with Crippen LogP contribution in [-0.2, 0) is 10.4 Å². The summed E-state index contributed by atoms with van der Waals surface area (Å²) >= 11 is 0. The molecule has 0 bridgehead atoms. The Morgan fingerprint density at radius 3 is 2.03 bits per heavy atom. The molecule has 8 heteroatoms. The van der Waals surface area contributed by atoms with Gasteiger partial charge in [-0.25, -0.2) is 5.43 Å². The van der Waals surface area contributed by atoms with Crippen LogP contribution < -0.4 is 5.43 Å². The summed E-state index contributed by atoms with van der Waals surface area (Å²) in [7, 11) is 0. The van der Waals surface area contributed by atoms with E-state index in [9.17, 15) is 20.0 Å². The fourth-order valence-electron chi connectivity index (χ4n) is 4.07. The molecule has 0 saturated carbocycles. The van der Waals surface area contributed by atoms with E-state index >= 15 is 0 Å². The lowest BCUT2D eigenvalue weighted by Crippen LogP contribution is -2.43. The third kappa shape index (κ3) is 4.60. The number of hydrogen-bond donors (Lipinski definition) is 2. The average Bonchev–Trinajstić information content (AvgIpc) is 3.17. The summed E-state index contributed by atoms with van der Waals surface area (Å²) in [5, 5.41) is 26.6. The number of nitro benzene ring substituents is 1. The summed E-state index contributed by atoms with van der Waals surface area (Å²) in [5.41, 5.74) is 4.70. The number of nitrogens with one attached hydrogen (secondary N) is 1. The van der Waals surface area contributed by atoms with Crippen LogP contribution >= 0.6 is 0 Å². The molecular formula is C27H24N4O4. The number of hydrazone groups is 1. The number of aryl methyl sites for hydroxylation is 1. The van der Waals surface area contributed by atoms with E-state index in [-0.39, 0.29) is 5.69 Å². The molecule has 0 radical (unpaired) electrons. The van der Waals surface area contributed by atoms with Gasteiger partial charge in [-0.2, -0.15) is 5.10 Å². The lowest BCUT2D eigenvalue weighted by Gasteiger charge is -2.27. The number of nitro groups is 1. The zero-order valence-electron chi connectivity index (χ0n) is 19.3. The zero-order chi connectivity index (χ0) is 25.0. The topological polar surface area (TPSA) is 110 Å². The summed E-state index contributed by atoms with van der Waals surface area (Å²) in [6, 6.07) is 25.6. The zero-order valence-corrected chi connectivity index (χ0v) is 19.3. The maximum absolute atomic E-state index is 13.2. The molecule has 8 nitrogen and oxygen atoms in total. The summed E-state index contributed by atoms with van der Waals surface area (Å²) in [4.78, 5) is 23.7. The summed E-state index contributed by atoms with van der Waals surface area (Å²) in [6.07, 6.45) is 1.51. The number of carbonyl (C=O) groups excluding carboxylic acids is 1. The third-order valence-electron chi connectivity index (χ3n) is 5.87. The fraction of sp³-hybridized carbons (Fsp3) is 0.111. The average molecular weight is 469 g/mol. The maximum Gasteiger partial charge on any atom is 0.281 e. The van der Waals surface area contributed by atoms with Gasteiger partial charge in [0.2, 0.25) is 0 Å². The molecular weight excluding hydrogens is 444 g/mol. The molecule has 0 aliphatic carbocycles. The van der Waals surface area contributed by atoms with Gasteiger partial charge in [0.05, 0.1) is 11.1 Å². The van der Waals surface area contributed by atoms with Gasteiger partial charge >= 0.3 is 0 Å². The van der Waals surface area contributed by atoms with Crippen LogP contribution in [0.4, 0.5) is 5.69 Å². The molecule has 0 aliphatic heterocycles. The molecule has 0 spiro atoms. The highest BCUT2D eigenvalue weighted by atomic mass is 16.6. The van der Waals surface area contributed by atoms with Crippen LogP contribution in [0, 0.1) is 24.0 Å². The minimum Gasteiger partial charge on any atom is -0.372 e. The second-order valence-corrected chi connectivity index (χ2v) is 8.08. The van der Waals surface area contributed by atoms with E-state index in [0.717, 1.165) is 22.6 Å². The minimum absolute atomic E-state index is 0.0185. The Kier molecular flexibility index (Phi) is 6.57. The SMILES string of the molecule is Cc1cc(/C=N\NC(=O)C(O)(c2ccccc2)c2ccccc2)c(C)n1-c1ccc([N+](=O)[O-])cc1. The van der Waals surface area contributed by atoms with Gasteiger partial charge in [-0.1, -0.05) is 60.7 Å². The number of non-ortho nitro benzene ring substituents is 1. The molecule has 3 aromatic carbocycles. The molecule has 4 aromatic rings. The molecule has 35 heavy (non-hydrogen) atoms. The van der Waals surface area contributed by atoms with E-state index in [2.05, 4.69) is 10.5 Å². The molecule has 0 unspecified atom stereocenters. The van der Waals surface area contributed by atoms with Gasteiger partial charge in [0.1, 0.15) is 0 Å². The van der Waals surface area contributed by atoms with E-state index in [1.807, 2.05) is 36.6 Å². The van der Waals surface area contributed by atoms with Crippen LogP contribution in [0.2, 0.25) is 0 Å². The summed E-state index contributed by atoms with van der Waals surface area (Å²) < 4.78 is 1.94. The van der Waals surface area contributed by atoms with Crippen LogP contribution in [0.1, 0.15) is 28.1 Å². The van der Waals surface area contributed by atoms with Crippen molar-refractivity contribution in [1.82, 2.24) is 9.99 Å². The number of nitrogens with zero attached hydrogens (tertiary/aromatic N) is 3. The van der Waals surface area contributed by atoms with Crippen LogP contribution in [0.3, 0.4) is 0 Å². The van der Waals surface area contributed by atoms with Crippen LogP contribution in [0.15, 0.2) is 96.1 Å². The Bertz CT molecular complexity index is 1340. The van der Waals surface area contributed by atoms with E-state index in [1.54, 1.807) is 60.7 Å². The second-order valence-electron chi connectivity index (χ2n) is 8.08. The van der Waals surface area contributed by atoms with Gasteiger partial charge in [0.25, 0.3) is 11.6 Å². The van der Waals surface area contributed by atoms with Crippen molar-refractivity contribution < 1.29 is 14.8 Å². The minimum atomic E-state index is -1.92. The Hall–Kier alpha value is -4.56. The fourth-order valence-corrected chi connectivity index (χ4v) is 4.07. The predicted molar refractivity (Wildman–Crippen MR) is 134 cm³/mol. The van der Waals surface area contributed by atoms with Gasteiger partial charge in [-0.05, 0) is 43.2 Å². The Morgan fingerprint density at radius 1 is 0.971 bits per heavy atom. The van der Waals surface area contributed by atoms with Gasteiger partial charge in [0, 0.05) is 34.8 Å². The molecule has 1 heterocycles. The van der Waals surface area contributed by atoms with Crippen LogP contribution in [0.5, 0.6) is 0 Å². The smallest absolute Gasteiger partial charge is 0.281 e. The molecule has 1 aromatic heterocycles.